The van der Waals surface area contributed by atoms with Gasteiger partial charge in [-0.05, 0) is 24.2 Å². The Morgan fingerprint density at radius 3 is 2.55 bits per heavy atom. The number of nitrogens with zero attached hydrogens (tertiary/aromatic N) is 1. The summed E-state index contributed by atoms with van der Waals surface area (Å²) in [5.74, 6) is 1.65. The summed E-state index contributed by atoms with van der Waals surface area (Å²) in [7, 11) is 0. The molecule has 22 heavy (non-hydrogen) atoms. The molecule has 2 atom stereocenters. The Bertz CT molecular complexity index is 538. The molecule has 1 aromatic rings. The highest BCUT2D eigenvalue weighted by molar-refractivity contribution is 5.78. The lowest BCUT2D eigenvalue weighted by molar-refractivity contribution is -0.128. The van der Waals surface area contributed by atoms with Crippen molar-refractivity contribution in [2.24, 2.45) is 17.3 Å². The zero-order chi connectivity index (χ0) is 16.7. The molecule has 1 fully saturated rings. The minimum absolute atomic E-state index is 0.00580. The van der Waals surface area contributed by atoms with Crippen LogP contribution in [0, 0.1) is 17.3 Å². The van der Waals surface area contributed by atoms with Crippen molar-refractivity contribution in [2.45, 2.75) is 72.8 Å². The van der Waals surface area contributed by atoms with Gasteiger partial charge >= 0.3 is 0 Å². The summed E-state index contributed by atoms with van der Waals surface area (Å²) in [6.45, 7) is 14.7. The van der Waals surface area contributed by atoms with Gasteiger partial charge in [0.1, 0.15) is 5.76 Å². The molecule has 1 heterocycles. The molecule has 0 radical (unpaired) electrons. The molecule has 0 saturated heterocycles. The predicted molar refractivity (Wildman–Crippen MR) is 87.6 cm³/mol. The van der Waals surface area contributed by atoms with E-state index in [9.17, 15) is 4.79 Å². The second-order valence-electron chi connectivity index (χ2n) is 8.61. The first-order valence-electron chi connectivity index (χ1n) is 8.28. The fourth-order valence-electron chi connectivity index (χ4n) is 2.96. The van der Waals surface area contributed by atoms with Crippen LogP contribution in [0.2, 0.25) is 0 Å². The molecule has 1 saturated carbocycles. The molecule has 124 valence electrons. The first-order valence-corrected chi connectivity index (χ1v) is 8.28. The van der Waals surface area contributed by atoms with E-state index in [-0.39, 0.29) is 28.7 Å². The van der Waals surface area contributed by atoms with Crippen LogP contribution < -0.4 is 5.32 Å². The molecule has 0 aromatic carbocycles. The Kier molecular flexibility index (Phi) is 4.42. The van der Waals surface area contributed by atoms with Crippen LogP contribution in [-0.4, -0.2) is 17.1 Å². The molecule has 4 heteroatoms. The van der Waals surface area contributed by atoms with E-state index in [2.05, 4.69) is 51.2 Å². The maximum Gasteiger partial charge on any atom is 0.222 e. The topological polar surface area (TPSA) is 55.1 Å². The summed E-state index contributed by atoms with van der Waals surface area (Å²) in [4.78, 5) is 11.9. The molecular weight excluding hydrogens is 276 g/mol. The van der Waals surface area contributed by atoms with Gasteiger partial charge in [0.15, 0.2) is 0 Å². The number of hydrogen-bond donors (Lipinski definition) is 1. The molecule has 0 aliphatic heterocycles. The van der Waals surface area contributed by atoms with Gasteiger partial charge in [-0.3, -0.25) is 4.79 Å². The van der Waals surface area contributed by atoms with Crippen LogP contribution in [0.25, 0.3) is 0 Å². The van der Waals surface area contributed by atoms with Gasteiger partial charge in [0.05, 0.1) is 5.69 Å². The van der Waals surface area contributed by atoms with E-state index >= 15 is 0 Å². The third kappa shape index (κ3) is 3.36. The fraction of sp³-hybridized carbons (Fsp3) is 0.778. The van der Waals surface area contributed by atoms with Crippen LogP contribution in [0.1, 0.15) is 66.3 Å². The highest BCUT2D eigenvalue weighted by Crippen LogP contribution is 2.48. The molecule has 1 aliphatic carbocycles. The molecular formula is C18H30N2O2. The Balaban J connectivity index is 1.96. The van der Waals surface area contributed by atoms with Crippen molar-refractivity contribution >= 4 is 5.91 Å². The van der Waals surface area contributed by atoms with Gasteiger partial charge in [-0.1, -0.05) is 53.6 Å². The number of carbonyl (C=O) groups excluding carboxylic acids is 1. The van der Waals surface area contributed by atoms with E-state index in [0.717, 1.165) is 24.3 Å². The van der Waals surface area contributed by atoms with E-state index in [1.54, 1.807) is 0 Å². The van der Waals surface area contributed by atoms with Gasteiger partial charge in [0, 0.05) is 23.4 Å². The van der Waals surface area contributed by atoms with Crippen molar-refractivity contribution in [2.75, 3.05) is 0 Å². The van der Waals surface area contributed by atoms with Gasteiger partial charge < -0.3 is 9.84 Å². The predicted octanol–water partition coefficient (Wildman–Crippen LogP) is 3.70. The largest absolute Gasteiger partial charge is 0.361 e. The molecule has 2 rings (SSSR count). The van der Waals surface area contributed by atoms with Crippen LogP contribution in [-0.2, 0) is 16.6 Å². The van der Waals surface area contributed by atoms with Crippen molar-refractivity contribution in [1.29, 1.82) is 0 Å². The SMILES string of the molecule is CC(C)C(=O)N[C@H]1C[C@@H](Cc2cc(C(C)(C)C)on2)C1(C)C. The highest BCUT2D eigenvalue weighted by Gasteiger charge is 2.48. The highest BCUT2D eigenvalue weighted by atomic mass is 16.5. The number of aromatic nitrogens is 1. The van der Waals surface area contributed by atoms with Gasteiger partial charge in [-0.2, -0.15) is 0 Å². The van der Waals surface area contributed by atoms with E-state index in [4.69, 9.17) is 4.52 Å². The quantitative estimate of drug-likeness (QED) is 0.922. The Labute approximate surface area is 134 Å². The smallest absolute Gasteiger partial charge is 0.222 e. The summed E-state index contributed by atoms with van der Waals surface area (Å²) >= 11 is 0. The maximum absolute atomic E-state index is 11.9. The van der Waals surface area contributed by atoms with E-state index in [1.165, 1.54) is 0 Å². The summed E-state index contributed by atoms with van der Waals surface area (Å²) in [5.41, 5.74) is 1.12. The molecule has 1 aliphatic rings. The molecule has 0 unspecified atom stereocenters. The lowest BCUT2D eigenvalue weighted by Crippen LogP contribution is -2.59. The molecule has 1 aromatic heterocycles. The Morgan fingerprint density at radius 2 is 2.09 bits per heavy atom. The average molecular weight is 306 g/mol. The van der Waals surface area contributed by atoms with Crippen LogP contribution in [0.3, 0.4) is 0 Å². The fourth-order valence-corrected chi connectivity index (χ4v) is 2.96. The molecule has 1 N–H and O–H groups in total. The van der Waals surface area contributed by atoms with Gasteiger partial charge in [0.25, 0.3) is 0 Å². The number of rotatable bonds is 4. The molecule has 0 bridgehead atoms. The summed E-state index contributed by atoms with van der Waals surface area (Å²) in [5, 5.41) is 7.39. The van der Waals surface area contributed by atoms with Crippen molar-refractivity contribution < 1.29 is 9.32 Å². The van der Waals surface area contributed by atoms with Crippen molar-refractivity contribution in [3.63, 3.8) is 0 Å². The number of hydrogen-bond acceptors (Lipinski definition) is 3. The molecule has 0 spiro atoms. The van der Waals surface area contributed by atoms with Crippen molar-refractivity contribution in [3.8, 4) is 0 Å². The average Bonchev–Trinajstić information content (AvgIpc) is 2.85. The monoisotopic (exact) mass is 306 g/mol. The Morgan fingerprint density at radius 1 is 1.45 bits per heavy atom. The standard InChI is InChI=1S/C18H30N2O2/c1-11(2)16(21)19-14-9-12(18(14,6)7)8-13-10-15(22-20-13)17(3,4)5/h10-12,14H,8-9H2,1-7H3,(H,19,21)/t12-,14+/m1/s1. The number of nitrogens with one attached hydrogen (secondary N) is 1. The zero-order valence-corrected chi connectivity index (χ0v) is 15.0. The summed E-state index contributed by atoms with van der Waals surface area (Å²) in [6.07, 6.45) is 1.93. The second-order valence-corrected chi connectivity index (χ2v) is 8.61. The maximum atomic E-state index is 11.9. The third-order valence-corrected chi connectivity index (χ3v) is 5.07. The van der Waals surface area contributed by atoms with E-state index in [0.29, 0.717) is 5.92 Å². The summed E-state index contributed by atoms with van der Waals surface area (Å²) in [6, 6.07) is 2.34. The number of carbonyl (C=O) groups is 1. The van der Waals surface area contributed by atoms with E-state index < -0.39 is 0 Å². The summed E-state index contributed by atoms with van der Waals surface area (Å²) < 4.78 is 5.47. The van der Waals surface area contributed by atoms with Crippen LogP contribution in [0.4, 0.5) is 0 Å². The van der Waals surface area contributed by atoms with Crippen molar-refractivity contribution in [1.82, 2.24) is 10.5 Å². The molecule has 1 amide bonds. The van der Waals surface area contributed by atoms with Crippen LogP contribution in [0.15, 0.2) is 10.6 Å². The van der Waals surface area contributed by atoms with Gasteiger partial charge in [-0.25, -0.2) is 0 Å². The van der Waals surface area contributed by atoms with E-state index in [1.807, 2.05) is 13.8 Å². The minimum Gasteiger partial charge on any atom is -0.361 e. The van der Waals surface area contributed by atoms with Crippen molar-refractivity contribution in [3.05, 3.63) is 17.5 Å². The zero-order valence-electron chi connectivity index (χ0n) is 15.0. The molecule has 4 nitrogen and oxygen atoms in total. The Hall–Kier alpha value is -1.32. The van der Waals surface area contributed by atoms with Crippen LogP contribution >= 0.6 is 0 Å². The second kappa shape index (κ2) is 5.71. The normalized spacial score (nSPS) is 24.2. The van der Waals surface area contributed by atoms with Crippen LogP contribution in [0.5, 0.6) is 0 Å². The van der Waals surface area contributed by atoms with Gasteiger partial charge in [-0.15, -0.1) is 0 Å². The first-order chi connectivity index (χ1) is 10.0. The van der Waals surface area contributed by atoms with Gasteiger partial charge in [0.2, 0.25) is 5.91 Å². The lowest BCUT2D eigenvalue weighted by Gasteiger charge is -2.52. The first kappa shape index (κ1) is 17.0. The minimum atomic E-state index is -0.00580. The lowest BCUT2D eigenvalue weighted by atomic mass is 9.57. The third-order valence-electron chi connectivity index (χ3n) is 5.07. The number of amides is 1.